The molecule has 116 valence electrons. The SMILES string of the molecule is CCCCC(CC)Cn1cc(S(N)(=O)=O)nc1CCC. The van der Waals surface area contributed by atoms with Gasteiger partial charge in [-0.25, -0.2) is 18.5 Å². The summed E-state index contributed by atoms with van der Waals surface area (Å²) in [4.78, 5) is 4.19. The van der Waals surface area contributed by atoms with Crippen LogP contribution in [0.15, 0.2) is 11.2 Å². The zero-order valence-corrected chi connectivity index (χ0v) is 13.6. The Morgan fingerprint density at radius 1 is 1.30 bits per heavy atom. The van der Waals surface area contributed by atoms with E-state index in [4.69, 9.17) is 5.14 Å². The molecule has 0 radical (unpaired) electrons. The first kappa shape index (κ1) is 17.2. The molecule has 0 bridgehead atoms. The van der Waals surface area contributed by atoms with Gasteiger partial charge in [0.2, 0.25) is 0 Å². The molecule has 1 heterocycles. The van der Waals surface area contributed by atoms with E-state index >= 15 is 0 Å². The summed E-state index contributed by atoms with van der Waals surface area (Å²) in [7, 11) is -3.71. The minimum Gasteiger partial charge on any atom is -0.333 e. The van der Waals surface area contributed by atoms with Crippen LogP contribution in [0.2, 0.25) is 0 Å². The minimum atomic E-state index is -3.71. The van der Waals surface area contributed by atoms with E-state index in [0.29, 0.717) is 5.92 Å². The summed E-state index contributed by atoms with van der Waals surface area (Å²) in [5.74, 6) is 1.39. The third-order valence-electron chi connectivity index (χ3n) is 3.60. The van der Waals surface area contributed by atoms with Crippen LogP contribution >= 0.6 is 0 Å². The van der Waals surface area contributed by atoms with Crippen molar-refractivity contribution in [2.45, 2.75) is 70.9 Å². The molecular weight excluding hydrogens is 274 g/mol. The van der Waals surface area contributed by atoms with Gasteiger partial charge in [-0.1, -0.05) is 40.0 Å². The second-order valence-corrected chi connectivity index (χ2v) is 6.87. The molecule has 1 atom stereocenters. The van der Waals surface area contributed by atoms with Crippen molar-refractivity contribution < 1.29 is 8.42 Å². The Balaban J connectivity index is 2.93. The number of hydrogen-bond acceptors (Lipinski definition) is 3. The molecular formula is C14H27N3O2S. The van der Waals surface area contributed by atoms with Crippen molar-refractivity contribution in [3.8, 4) is 0 Å². The van der Waals surface area contributed by atoms with Crippen LogP contribution in [0, 0.1) is 5.92 Å². The lowest BCUT2D eigenvalue weighted by Gasteiger charge is -2.16. The van der Waals surface area contributed by atoms with E-state index in [-0.39, 0.29) is 5.03 Å². The molecule has 1 aromatic rings. The van der Waals surface area contributed by atoms with Crippen molar-refractivity contribution in [2.75, 3.05) is 0 Å². The number of rotatable bonds is 9. The summed E-state index contributed by atoms with van der Waals surface area (Å²) in [5, 5.41) is 5.17. The number of nitrogens with two attached hydrogens (primary N) is 1. The average molecular weight is 301 g/mol. The quantitative estimate of drug-likeness (QED) is 0.761. The highest BCUT2D eigenvalue weighted by Gasteiger charge is 2.17. The number of unbranched alkanes of at least 4 members (excludes halogenated alkanes) is 1. The van der Waals surface area contributed by atoms with Crippen molar-refractivity contribution in [1.29, 1.82) is 0 Å². The Morgan fingerprint density at radius 3 is 2.50 bits per heavy atom. The van der Waals surface area contributed by atoms with Crippen LogP contribution in [-0.4, -0.2) is 18.0 Å². The van der Waals surface area contributed by atoms with Gasteiger partial charge in [-0.05, 0) is 18.8 Å². The molecule has 0 aliphatic heterocycles. The summed E-state index contributed by atoms with van der Waals surface area (Å²) in [6.07, 6.45) is 7.96. The van der Waals surface area contributed by atoms with Crippen LogP contribution in [0.5, 0.6) is 0 Å². The fourth-order valence-electron chi connectivity index (χ4n) is 2.34. The summed E-state index contributed by atoms with van der Waals surface area (Å²) in [5.41, 5.74) is 0. The molecule has 0 aliphatic carbocycles. The zero-order valence-electron chi connectivity index (χ0n) is 12.8. The van der Waals surface area contributed by atoms with Crippen LogP contribution in [-0.2, 0) is 23.0 Å². The number of hydrogen-bond donors (Lipinski definition) is 1. The molecule has 6 heteroatoms. The molecule has 0 fully saturated rings. The number of nitrogens with zero attached hydrogens (tertiary/aromatic N) is 2. The molecule has 2 N–H and O–H groups in total. The first-order valence-electron chi connectivity index (χ1n) is 7.51. The molecule has 0 amide bonds. The Bertz CT molecular complexity index is 508. The van der Waals surface area contributed by atoms with E-state index in [9.17, 15) is 8.42 Å². The maximum atomic E-state index is 11.4. The lowest BCUT2D eigenvalue weighted by atomic mass is 9.99. The molecule has 1 unspecified atom stereocenters. The van der Waals surface area contributed by atoms with Gasteiger partial charge in [0.25, 0.3) is 10.0 Å². The predicted molar refractivity (Wildman–Crippen MR) is 80.9 cm³/mol. The van der Waals surface area contributed by atoms with E-state index < -0.39 is 10.0 Å². The Hall–Kier alpha value is -0.880. The second kappa shape index (κ2) is 7.78. The summed E-state index contributed by atoms with van der Waals surface area (Å²) >= 11 is 0. The lowest BCUT2D eigenvalue weighted by Crippen LogP contribution is -2.13. The first-order chi connectivity index (χ1) is 9.42. The summed E-state index contributed by atoms with van der Waals surface area (Å²) in [6.45, 7) is 7.25. The van der Waals surface area contributed by atoms with E-state index in [1.54, 1.807) is 6.20 Å². The van der Waals surface area contributed by atoms with E-state index in [1.165, 1.54) is 19.3 Å². The number of aromatic nitrogens is 2. The lowest BCUT2D eigenvalue weighted by molar-refractivity contribution is 0.384. The maximum absolute atomic E-state index is 11.4. The van der Waals surface area contributed by atoms with Crippen molar-refractivity contribution in [3.63, 3.8) is 0 Å². The molecule has 0 spiro atoms. The van der Waals surface area contributed by atoms with Gasteiger partial charge in [-0.3, -0.25) is 0 Å². The largest absolute Gasteiger partial charge is 0.333 e. The highest BCUT2D eigenvalue weighted by molar-refractivity contribution is 7.89. The summed E-state index contributed by atoms with van der Waals surface area (Å²) < 4.78 is 24.8. The van der Waals surface area contributed by atoms with Gasteiger partial charge < -0.3 is 4.57 Å². The van der Waals surface area contributed by atoms with Crippen LogP contribution in [0.1, 0.15) is 58.7 Å². The Labute approximate surface area is 122 Å². The first-order valence-corrected chi connectivity index (χ1v) is 9.05. The highest BCUT2D eigenvalue weighted by atomic mass is 32.2. The second-order valence-electron chi connectivity index (χ2n) is 5.36. The van der Waals surface area contributed by atoms with Gasteiger partial charge in [0, 0.05) is 19.2 Å². The molecule has 0 saturated heterocycles. The minimum absolute atomic E-state index is 0.00806. The van der Waals surface area contributed by atoms with Crippen LogP contribution in [0.25, 0.3) is 0 Å². The highest BCUT2D eigenvalue weighted by Crippen LogP contribution is 2.18. The molecule has 1 rings (SSSR count). The summed E-state index contributed by atoms with van der Waals surface area (Å²) in [6, 6.07) is 0. The van der Waals surface area contributed by atoms with Crippen molar-refractivity contribution in [1.82, 2.24) is 9.55 Å². The molecule has 0 aliphatic rings. The van der Waals surface area contributed by atoms with Crippen molar-refractivity contribution in [3.05, 3.63) is 12.0 Å². The number of sulfonamides is 1. The number of imidazole rings is 1. The maximum Gasteiger partial charge on any atom is 0.257 e. The zero-order chi connectivity index (χ0) is 15.2. The topological polar surface area (TPSA) is 78.0 Å². The number of aryl methyl sites for hydroxylation is 1. The Kier molecular flexibility index (Phi) is 6.68. The molecule has 1 aromatic heterocycles. The molecule has 20 heavy (non-hydrogen) atoms. The molecule has 0 saturated carbocycles. The third kappa shape index (κ3) is 4.90. The molecule has 0 aromatic carbocycles. The van der Waals surface area contributed by atoms with Crippen LogP contribution < -0.4 is 5.14 Å². The van der Waals surface area contributed by atoms with Gasteiger partial charge in [0.1, 0.15) is 5.82 Å². The van der Waals surface area contributed by atoms with Crippen molar-refractivity contribution in [2.24, 2.45) is 11.1 Å². The fraction of sp³-hybridized carbons (Fsp3) is 0.786. The van der Waals surface area contributed by atoms with Gasteiger partial charge >= 0.3 is 0 Å². The molecule has 5 nitrogen and oxygen atoms in total. The monoisotopic (exact) mass is 301 g/mol. The van der Waals surface area contributed by atoms with Crippen LogP contribution in [0.3, 0.4) is 0 Å². The average Bonchev–Trinajstić information content (AvgIpc) is 2.78. The van der Waals surface area contributed by atoms with Gasteiger partial charge in [0.05, 0.1) is 0 Å². The van der Waals surface area contributed by atoms with Gasteiger partial charge in [-0.15, -0.1) is 0 Å². The van der Waals surface area contributed by atoms with Gasteiger partial charge in [0.15, 0.2) is 5.03 Å². The fourth-order valence-corrected chi connectivity index (χ4v) is 2.85. The van der Waals surface area contributed by atoms with Gasteiger partial charge in [-0.2, -0.15) is 0 Å². The third-order valence-corrected chi connectivity index (χ3v) is 4.38. The predicted octanol–water partition coefficient (Wildman–Crippen LogP) is 2.70. The van der Waals surface area contributed by atoms with E-state index in [2.05, 4.69) is 25.8 Å². The van der Waals surface area contributed by atoms with Crippen LogP contribution in [0.4, 0.5) is 0 Å². The smallest absolute Gasteiger partial charge is 0.257 e. The van der Waals surface area contributed by atoms with E-state index in [0.717, 1.165) is 31.6 Å². The van der Waals surface area contributed by atoms with Crippen molar-refractivity contribution >= 4 is 10.0 Å². The Morgan fingerprint density at radius 2 is 2.00 bits per heavy atom. The normalized spacial score (nSPS) is 13.6. The van der Waals surface area contributed by atoms with E-state index in [1.807, 2.05) is 4.57 Å². The standard InChI is InChI=1S/C14H27N3O2S/c1-4-7-9-12(6-3)10-17-11-14(20(15,18)19)16-13(17)8-5-2/h11-12H,4-10H2,1-3H3,(H2,15,18,19). The number of primary sulfonamides is 1.